The number of hydrogen-bond acceptors (Lipinski definition) is 4. The van der Waals surface area contributed by atoms with Gasteiger partial charge < -0.3 is 9.30 Å². The van der Waals surface area contributed by atoms with Gasteiger partial charge in [-0.05, 0) is 73.8 Å². The zero-order valence-corrected chi connectivity index (χ0v) is 21.4. The Morgan fingerprint density at radius 2 is 1.67 bits per heavy atom. The molecule has 1 heterocycles. The molecule has 0 unspecified atom stereocenters. The Bertz CT molecular complexity index is 1270. The molecule has 0 spiro atoms. The molecule has 1 aliphatic rings. The van der Waals surface area contributed by atoms with Gasteiger partial charge in [0.2, 0.25) is 5.56 Å². The van der Waals surface area contributed by atoms with Gasteiger partial charge in [-0.1, -0.05) is 48.5 Å². The van der Waals surface area contributed by atoms with E-state index in [0.717, 1.165) is 42.4 Å². The predicted molar refractivity (Wildman–Crippen MR) is 141 cm³/mol. The van der Waals surface area contributed by atoms with Crippen molar-refractivity contribution in [3.8, 4) is 0 Å². The maximum atomic E-state index is 13.3. The number of carbonyl (C=O) groups excluding carboxylic acids is 2. The van der Waals surface area contributed by atoms with Crippen LogP contribution in [0.2, 0.25) is 0 Å². The number of hydrogen-bond donors (Lipinski definition) is 0. The average molecular weight is 486 g/mol. The third kappa shape index (κ3) is 5.84. The van der Waals surface area contributed by atoms with Crippen molar-refractivity contribution in [2.45, 2.75) is 57.8 Å². The highest BCUT2D eigenvalue weighted by Gasteiger charge is 2.28. The highest BCUT2D eigenvalue weighted by atomic mass is 16.5. The molecule has 5 nitrogen and oxygen atoms in total. The molecule has 0 aliphatic heterocycles. The van der Waals surface area contributed by atoms with Crippen LogP contribution in [-0.4, -0.2) is 22.9 Å². The molecule has 0 N–H and O–H groups in total. The fourth-order valence-corrected chi connectivity index (χ4v) is 5.37. The highest BCUT2D eigenvalue weighted by Crippen LogP contribution is 2.38. The monoisotopic (exact) mass is 485 g/mol. The van der Waals surface area contributed by atoms with Crippen molar-refractivity contribution in [1.82, 2.24) is 4.57 Å². The van der Waals surface area contributed by atoms with Crippen LogP contribution in [0.1, 0.15) is 83.5 Å². The maximum Gasteiger partial charge on any atom is 0.308 e. The van der Waals surface area contributed by atoms with Crippen LogP contribution in [0.25, 0.3) is 0 Å². The number of aryl methyl sites for hydroxylation is 2. The van der Waals surface area contributed by atoms with E-state index in [9.17, 15) is 14.4 Å². The second-order valence-electron chi connectivity index (χ2n) is 9.87. The topological polar surface area (TPSA) is 65.4 Å². The highest BCUT2D eigenvalue weighted by molar-refractivity contribution is 5.96. The predicted octanol–water partition coefficient (Wildman–Crippen LogP) is 5.94. The summed E-state index contributed by atoms with van der Waals surface area (Å²) in [4.78, 5) is 37.1. The van der Waals surface area contributed by atoms with Crippen LogP contribution in [0.4, 0.5) is 0 Å². The van der Waals surface area contributed by atoms with E-state index >= 15 is 0 Å². The molecule has 2 aromatic carbocycles. The summed E-state index contributed by atoms with van der Waals surface area (Å²) in [5.74, 6) is 0.337. The third-order valence-electron chi connectivity index (χ3n) is 7.52. The average Bonchev–Trinajstić information content (AvgIpc) is 2.89. The zero-order valence-electron chi connectivity index (χ0n) is 21.4. The van der Waals surface area contributed by atoms with Gasteiger partial charge >= 0.3 is 5.97 Å². The number of ketones is 1. The van der Waals surface area contributed by atoms with Crippen LogP contribution in [0.15, 0.2) is 71.7 Å². The van der Waals surface area contributed by atoms with E-state index in [-0.39, 0.29) is 29.1 Å². The van der Waals surface area contributed by atoms with Gasteiger partial charge in [0.15, 0.2) is 5.78 Å². The Kier molecular flexibility index (Phi) is 8.19. The van der Waals surface area contributed by atoms with Crippen LogP contribution >= 0.6 is 0 Å². The lowest BCUT2D eigenvalue weighted by molar-refractivity contribution is -0.149. The summed E-state index contributed by atoms with van der Waals surface area (Å²) >= 11 is 0. The molecule has 0 bridgehead atoms. The van der Waals surface area contributed by atoms with Gasteiger partial charge in [0.05, 0.1) is 12.5 Å². The zero-order chi connectivity index (χ0) is 25.7. The molecule has 1 aromatic heterocycles. The number of rotatable bonds is 8. The molecule has 0 saturated heterocycles. The number of pyridine rings is 1. The molecule has 3 aromatic rings. The molecule has 0 amide bonds. The molecular weight excluding hydrogens is 450 g/mol. The van der Waals surface area contributed by atoms with Gasteiger partial charge in [0.25, 0.3) is 0 Å². The van der Waals surface area contributed by atoms with Crippen molar-refractivity contribution in [2.75, 3.05) is 6.61 Å². The number of benzene rings is 2. The minimum Gasteiger partial charge on any atom is -0.466 e. The lowest BCUT2D eigenvalue weighted by Gasteiger charge is -2.28. The van der Waals surface area contributed by atoms with Crippen molar-refractivity contribution < 1.29 is 14.3 Å². The fourth-order valence-electron chi connectivity index (χ4n) is 5.37. The van der Waals surface area contributed by atoms with E-state index in [1.807, 2.05) is 19.1 Å². The van der Waals surface area contributed by atoms with Crippen molar-refractivity contribution in [3.05, 3.63) is 105 Å². The number of ether oxygens (including phenoxy) is 1. The largest absolute Gasteiger partial charge is 0.466 e. The summed E-state index contributed by atoms with van der Waals surface area (Å²) < 4.78 is 6.65. The summed E-state index contributed by atoms with van der Waals surface area (Å²) in [5.41, 5.74) is 5.09. The van der Waals surface area contributed by atoms with Gasteiger partial charge in [-0.25, -0.2) is 0 Å². The molecule has 1 atom stereocenters. The summed E-state index contributed by atoms with van der Waals surface area (Å²) in [6.07, 6.45) is 5.64. The van der Waals surface area contributed by atoms with Gasteiger partial charge in [0, 0.05) is 37.2 Å². The van der Waals surface area contributed by atoms with Gasteiger partial charge in [0.1, 0.15) is 0 Å². The molecular formula is C31H35NO4. The first-order valence-electron chi connectivity index (χ1n) is 12.9. The molecule has 188 valence electrons. The van der Waals surface area contributed by atoms with E-state index < -0.39 is 0 Å². The molecule has 0 radical (unpaired) electrons. The number of carbonyl (C=O) groups is 2. The summed E-state index contributed by atoms with van der Waals surface area (Å²) in [6.45, 7) is 4.37. The van der Waals surface area contributed by atoms with Crippen molar-refractivity contribution in [3.63, 3.8) is 0 Å². The van der Waals surface area contributed by atoms with E-state index in [2.05, 4.69) is 43.3 Å². The first kappa shape index (κ1) is 25.6. The van der Waals surface area contributed by atoms with Crippen molar-refractivity contribution in [1.29, 1.82) is 0 Å². The molecule has 5 heteroatoms. The number of Topliss-reactive ketones (excluding diaryl/α,β-unsaturated/α-hetero) is 1. The van der Waals surface area contributed by atoms with Gasteiger partial charge in [-0.15, -0.1) is 0 Å². The number of aromatic nitrogens is 1. The minimum atomic E-state index is -0.131. The summed E-state index contributed by atoms with van der Waals surface area (Å²) in [7, 11) is 1.66. The van der Waals surface area contributed by atoms with E-state index in [1.165, 1.54) is 16.2 Å². The second kappa shape index (κ2) is 11.5. The second-order valence-corrected chi connectivity index (χ2v) is 9.87. The first-order chi connectivity index (χ1) is 17.4. The summed E-state index contributed by atoms with van der Waals surface area (Å²) in [6, 6.07) is 19.9. The molecule has 1 aliphatic carbocycles. The quantitative estimate of drug-likeness (QED) is 0.293. The maximum absolute atomic E-state index is 13.3. The van der Waals surface area contributed by atoms with Crippen LogP contribution in [0, 0.1) is 12.8 Å². The van der Waals surface area contributed by atoms with Crippen LogP contribution < -0.4 is 5.56 Å². The normalized spacial score (nSPS) is 18.4. The SMILES string of the molecule is CCOC(=O)C1CCC(c2ccc([C@H](CC(=O)c3ccc(=O)n(C)c3)c3ccccc3C)cc2)CC1. The Morgan fingerprint density at radius 3 is 2.31 bits per heavy atom. The van der Waals surface area contributed by atoms with E-state index in [1.54, 1.807) is 19.3 Å². The smallest absolute Gasteiger partial charge is 0.308 e. The molecule has 1 saturated carbocycles. The summed E-state index contributed by atoms with van der Waals surface area (Å²) in [5, 5.41) is 0. The van der Waals surface area contributed by atoms with Crippen LogP contribution in [0.5, 0.6) is 0 Å². The van der Waals surface area contributed by atoms with E-state index in [0.29, 0.717) is 24.5 Å². The lowest BCUT2D eigenvalue weighted by Crippen LogP contribution is -2.23. The molecule has 1 fully saturated rings. The first-order valence-corrected chi connectivity index (χ1v) is 12.9. The minimum absolute atomic E-state index is 0.0141. The Morgan fingerprint density at radius 1 is 0.972 bits per heavy atom. The van der Waals surface area contributed by atoms with E-state index in [4.69, 9.17) is 4.74 Å². The third-order valence-corrected chi connectivity index (χ3v) is 7.52. The Labute approximate surface area is 213 Å². The Hall–Kier alpha value is -3.47. The van der Waals surface area contributed by atoms with Crippen LogP contribution in [-0.2, 0) is 16.6 Å². The Balaban J connectivity index is 1.54. The number of nitrogens with zero attached hydrogens (tertiary/aromatic N) is 1. The fraction of sp³-hybridized carbons (Fsp3) is 0.387. The number of esters is 1. The molecule has 36 heavy (non-hydrogen) atoms. The van der Waals surface area contributed by atoms with Crippen molar-refractivity contribution in [2.24, 2.45) is 13.0 Å². The lowest BCUT2D eigenvalue weighted by atomic mass is 9.78. The van der Waals surface area contributed by atoms with Crippen molar-refractivity contribution >= 4 is 11.8 Å². The van der Waals surface area contributed by atoms with Gasteiger partial charge in [-0.3, -0.25) is 14.4 Å². The standard InChI is InChI=1S/C31H35NO4/c1-4-36-31(35)25-15-11-23(12-16-25)22-9-13-24(14-10-22)28(27-8-6-5-7-21(27)2)19-29(33)26-17-18-30(34)32(3)20-26/h5-10,13-14,17-18,20,23,25,28H,4,11-12,15-16,19H2,1-3H3/t23?,25?,28-/m0/s1. The van der Waals surface area contributed by atoms with Gasteiger partial charge in [-0.2, -0.15) is 0 Å². The van der Waals surface area contributed by atoms with Crippen LogP contribution in [0.3, 0.4) is 0 Å². The molecule has 4 rings (SSSR count).